The maximum Gasteiger partial charge on any atom is 0.338 e. The minimum atomic E-state index is -0.885. The van der Waals surface area contributed by atoms with Gasteiger partial charge in [-0.1, -0.05) is 18.2 Å². The summed E-state index contributed by atoms with van der Waals surface area (Å²) < 4.78 is 5.33. The molecule has 6 heteroatoms. The largest absolute Gasteiger partial charge is 0.449 e. The van der Waals surface area contributed by atoms with Crippen LogP contribution in [0.1, 0.15) is 29.8 Å². The predicted octanol–water partition coefficient (Wildman–Crippen LogP) is 2.78. The first kappa shape index (κ1) is 17.7. The van der Waals surface area contributed by atoms with Gasteiger partial charge in [0, 0.05) is 24.8 Å². The fraction of sp³-hybridized carbons (Fsp3) is 0.250. The van der Waals surface area contributed by atoms with Gasteiger partial charge in [0.1, 0.15) is 0 Å². The average molecular weight is 352 g/mol. The van der Waals surface area contributed by atoms with Crippen LogP contribution < -0.4 is 10.2 Å². The number of ether oxygens (including phenoxy) is 1. The summed E-state index contributed by atoms with van der Waals surface area (Å²) in [7, 11) is 0. The third-order valence-electron chi connectivity index (χ3n) is 4.23. The summed E-state index contributed by atoms with van der Waals surface area (Å²) >= 11 is 0. The second-order valence-electron chi connectivity index (χ2n) is 6.17. The Kier molecular flexibility index (Phi) is 5.02. The van der Waals surface area contributed by atoms with Crippen LogP contribution in [0.4, 0.5) is 11.4 Å². The van der Waals surface area contributed by atoms with Crippen molar-refractivity contribution in [3.8, 4) is 0 Å². The molecule has 0 aliphatic carbocycles. The van der Waals surface area contributed by atoms with Gasteiger partial charge in [-0.15, -0.1) is 0 Å². The molecule has 1 heterocycles. The van der Waals surface area contributed by atoms with E-state index in [0.717, 1.165) is 17.7 Å². The van der Waals surface area contributed by atoms with Crippen LogP contribution >= 0.6 is 0 Å². The Morgan fingerprint density at radius 1 is 1.08 bits per heavy atom. The van der Waals surface area contributed by atoms with Crippen LogP contribution in [0.3, 0.4) is 0 Å². The molecule has 1 N–H and O–H groups in total. The lowest BCUT2D eigenvalue weighted by Crippen LogP contribution is -2.39. The van der Waals surface area contributed by atoms with Crippen LogP contribution in [0.5, 0.6) is 0 Å². The Hall–Kier alpha value is -3.15. The van der Waals surface area contributed by atoms with E-state index in [1.54, 1.807) is 36.1 Å². The van der Waals surface area contributed by atoms with E-state index < -0.39 is 12.1 Å². The van der Waals surface area contributed by atoms with Gasteiger partial charge in [0.15, 0.2) is 6.10 Å². The molecule has 2 amide bonds. The fourth-order valence-corrected chi connectivity index (χ4v) is 2.96. The van der Waals surface area contributed by atoms with Gasteiger partial charge in [0.2, 0.25) is 5.91 Å². The highest BCUT2D eigenvalue weighted by Gasteiger charge is 2.29. The molecule has 2 aromatic rings. The third-order valence-corrected chi connectivity index (χ3v) is 4.23. The molecule has 3 rings (SSSR count). The predicted molar refractivity (Wildman–Crippen MR) is 98.1 cm³/mol. The SMILES string of the molecule is CC(=O)Nc1ccc(C(=O)O[C@H](C)C(=O)N2CCc3ccccc32)cc1. The van der Waals surface area contributed by atoms with Crippen molar-refractivity contribution >= 4 is 29.2 Å². The zero-order valence-corrected chi connectivity index (χ0v) is 14.7. The normalized spacial score (nSPS) is 13.7. The molecule has 6 nitrogen and oxygen atoms in total. The number of hydrogen-bond donors (Lipinski definition) is 1. The molecule has 0 spiro atoms. The molecule has 0 bridgehead atoms. The molecular formula is C20H20N2O4. The first-order valence-electron chi connectivity index (χ1n) is 8.43. The monoisotopic (exact) mass is 352 g/mol. The lowest BCUT2D eigenvalue weighted by atomic mass is 10.2. The second-order valence-corrected chi connectivity index (χ2v) is 6.17. The van der Waals surface area contributed by atoms with E-state index in [-0.39, 0.29) is 11.8 Å². The first-order valence-corrected chi connectivity index (χ1v) is 8.43. The number of carbonyl (C=O) groups is 3. The molecule has 0 unspecified atom stereocenters. The summed E-state index contributed by atoms with van der Waals surface area (Å²) in [6.07, 6.45) is -0.0867. The Bertz CT molecular complexity index is 845. The molecule has 134 valence electrons. The maximum absolute atomic E-state index is 12.7. The number of carbonyl (C=O) groups excluding carboxylic acids is 3. The Morgan fingerprint density at radius 2 is 1.77 bits per heavy atom. The molecule has 0 saturated carbocycles. The number of benzene rings is 2. The number of amides is 2. The average Bonchev–Trinajstić information content (AvgIpc) is 3.05. The number of nitrogens with one attached hydrogen (secondary N) is 1. The van der Waals surface area contributed by atoms with Crippen molar-refractivity contribution in [2.75, 3.05) is 16.8 Å². The van der Waals surface area contributed by atoms with Crippen molar-refractivity contribution in [1.82, 2.24) is 0 Å². The van der Waals surface area contributed by atoms with Crippen molar-refractivity contribution in [3.63, 3.8) is 0 Å². The molecule has 1 aliphatic heterocycles. The molecule has 1 aliphatic rings. The molecule has 0 radical (unpaired) electrons. The quantitative estimate of drug-likeness (QED) is 0.859. The number of fused-ring (bicyclic) bond motifs is 1. The summed E-state index contributed by atoms with van der Waals surface area (Å²) in [6, 6.07) is 14.1. The Balaban J connectivity index is 1.64. The smallest absolute Gasteiger partial charge is 0.338 e. The van der Waals surface area contributed by atoms with Crippen molar-refractivity contribution in [2.45, 2.75) is 26.4 Å². The minimum Gasteiger partial charge on any atom is -0.449 e. The van der Waals surface area contributed by atoms with Crippen LogP contribution in [0, 0.1) is 0 Å². The summed E-state index contributed by atoms with van der Waals surface area (Å²) in [5, 5.41) is 2.62. The van der Waals surface area contributed by atoms with E-state index in [0.29, 0.717) is 17.8 Å². The van der Waals surface area contributed by atoms with Gasteiger partial charge in [-0.05, 0) is 49.2 Å². The van der Waals surface area contributed by atoms with E-state index in [9.17, 15) is 14.4 Å². The highest BCUT2D eigenvalue weighted by Crippen LogP contribution is 2.28. The summed E-state index contributed by atoms with van der Waals surface area (Å²) in [5.74, 6) is -1.00. The first-order chi connectivity index (χ1) is 12.5. The number of esters is 1. The van der Waals surface area contributed by atoms with Crippen molar-refractivity contribution in [2.24, 2.45) is 0 Å². The summed E-state index contributed by atoms with van der Waals surface area (Å²) in [5.41, 5.74) is 2.90. The number of rotatable bonds is 4. The zero-order valence-electron chi connectivity index (χ0n) is 14.7. The van der Waals surface area contributed by atoms with Gasteiger partial charge >= 0.3 is 5.97 Å². The molecule has 2 aromatic carbocycles. The van der Waals surface area contributed by atoms with E-state index in [2.05, 4.69) is 5.32 Å². The lowest BCUT2D eigenvalue weighted by Gasteiger charge is -2.21. The van der Waals surface area contributed by atoms with Crippen molar-refractivity contribution in [1.29, 1.82) is 0 Å². The zero-order chi connectivity index (χ0) is 18.7. The molecular weight excluding hydrogens is 332 g/mol. The van der Waals surface area contributed by atoms with Crippen LogP contribution in [-0.4, -0.2) is 30.4 Å². The van der Waals surface area contributed by atoms with Gasteiger partial charge in [-0.25, -0.2) is 4.79 Å². The van der Waals surface area contributed by atoms with Crippen LogP contribution in [0.25, 0.3) is 0 Å². The summed E-state index contributed by atoms with van der Waals surface area (Å²) in [6.45, 7) is 3.57. The summed E-state index contributed by atoms with van der Waals surface area (Å²) in [4.78, 5) is 37.6. The number of hydrogen-bond acceptors (Lipinski definition) is 4. The third kappa shape index (κ3) is 3.74. The Labute approximate surface area is 151 Å². The van der Waals surface area contributed by atoms with E-state index in [4.69, 9.17) is 4.74 Å². The molecule has 0 fully saturated rings. The highest BCUT2D eigenvalue weighted by molar-refractivity contribution is 6.00. The molecule has 26 heavy (non-hydrogen) atoms. The number of para-hydroxylation sites is 1. The minimum absolute atomic E-state index is 0.189. The molecule has 0 saturated heterocycles. The van der Waals surface area contributed by atoms with Crippen molar-refractivity contribution < 1.29 is 19.1 Å². The van der Waals surface area contributed by atoms with E-state index in [1.807, 2.05) is 24.3 Å². The van der Waals surface area contributed by atoms with Gasteiger partial charge in [0.25, 0.3) is 5.91 Å². The number of anilines is 2. The highest BCUT2D eigenvalue weighted by atomic mass is 16.5. The van der Waals surface area contributed by atoms with Crippen molar-refractivity contribution in [3.05, 3.63) is 59.7 Å². The number of nitrogens with zero attached hydrogens (tertiary/aromatic N) is 1. The molecule has 0 aromatic heterocycles. The molecule has 1 atom stereocenters. The van der Waals surface area contributed by atoms with Crippen LogP contribution in [-0.2, 0) is 20.7 Å². The fourth-order valence-electron chi connectivity index (χ4n) is 2.96. The lowest BCUT2D eigenvalue weighted by molar-refractivity contribution is -0.126. The topological polar surface area (TPSA) is 75.7 Å². The van der Waals surface area contributed by atoms with E-state index >= 15 is 0 Å². The van der Waals surface area contributed by atoms with E-state index in [1.165, 1.54) is 6.92 Å². The van der Waals surface area contributed by atoms with Crippen LogP contribution in [0.15, 0.2) is 48.5 Å². The van der Waals surface area contributed by atoms with Gasteiger partial charge in [-0.3, -0.25) is 9.59 Å². The second kappa shape index (κ2) is 7.39. The van der Waals surface area contributed by atoms with Gasteiger partial charge in [-0.2, -0.15) is 0 Å². The maximum atomic E-state index is 12.7. The van der Waals surface area contributed by atoms with Crippen LogP contribution in [0.2, 0.25) is 0 Å². The standard InChI is InChI=1S/C20H20N2O4/c1-13(19(24)22-12-11-15-5-3-4-6-18(15)22)26-20(25)16-7-9-17(10-8-16)21-14(2)23/h3-10,13H,11-12H2,1-2H3,(H,21,23)/t13-/m1/s1. The van der Waals surface area contributed by atoms with Gasteiger partial charge < -0.3 is 15.0 Å². The van der Waals surface area contributed by atoms with Gasteiger partial charge in [0.05, 0.1) is 5.56 Å². The Morgan fingerprint density at radius 3 is 2.46 bits per heavy atom.